The van der Waals surface area contributed by atoms with E-state index < -0.39 is 0 Å². The molecule has 0 bridgehead atoms. The highest BCUT2D eigenvalue weighted by Gasteiger charge is 2.28. The molecular formula is C18H29NO. The first-order valence-corrected chi connectivity index (χ1v) is 8.15. The topological polar surface area (TPSA) is 21.3 Å². The van der Waals surface area contributed by atoms with Crippen LogP contribution in [0, 0.1) is 5.92 Å². The minimum absolute atomic E-state index is 0.341. The summed E-state index contributed by atoms with van der Waals surface area (Å²) in [6.45, 7) is 8.44. The van der Waals surface area contributed by atoms with E-state index in [1.807, 2.05) is 0 Å². The number of fused-ring (bicyclic) bond motifs is 1. The van der Waals surface area contributed by atoms with Crippen molar-refractivity contribution in [3.05, 3.63) is 35.4 Å². The molecule has 0 amide bonds. The third-order valence-corrected chi connectivity index (χ3v) is 4.20. The Kier molecular flexibility index (Phi) is 6.06. The molecule has 112 valence electrons. The molecule has 0 fully saturated rings. The van der Waals surface area contributed by atoms with E-state index in [9.17, 15) is 0 Å². The summed E-state index contributed by atoms with van der Waals surface area (Å²) in [5.74, 6) is 0.704. The van der Waals surface area contributed by atoms with Gasteiger partial charge in [-0.2, -0.15) is 0 Å². The van der Waals surface area contributed by atoms with Gasteiger partial charge in [0.2, 0.25) is 0 Å². The lowest BCUT2D eigenvalue weighted by molar-refractivity contribution is 0.0625. The molecule has 20 heavy (non-hydrogen) atoms. The molecule has 1 aromatic carbocycles. The second kappa shape index (κ2) is 7.80. The summed E-state index contributed by atoms with van der Waals surface area (Å²) in [7, 11) is 0. The first kappa shape index (κ1) is 15.5. The van der Waals surface area contributed by atoms with Crippen LogP contribution < -0.4 is 5.32 Å². The van der Waals surface area contributed by atoms with E-state index in [4.69, 9.17) is 4.74 Å². The highest BCUT2D eigenvalue weighted by Crippen LogP contribution is 2.36. The fourth-order valence-corrected chi connectivity index (χ4v) is 3.17. The molecule has 2 heteroatoms. The minimum atomic E-state index is 0.341. The maximum Gasteiger partial charge on any atom is 0.0518 e. The zero-order chi connectivity index (χ0) is 14.4. The van der Waals surface area contributed by atoms with Crippen LogP contribution in [0.5, 0.6) is 0 Å². The molecular weight excluding hydrogens is 246 g/mol. The third kappa shape index (κ3) is 4.07. The molecule has 1 N–H and O–H groups in total. The predicted octanol–water partition coefficient (Wildman–Crippen LogP) is 4.10. The summed E-state index contributed by atoms with van der Waals surface area (Å²) in [6.07, 6.45) is 5.18. The van der Waals surface area contributed by atoms with Crippen molar-refractivity contribution in [2.45, 2.75) is 58.6 Å². The summed E-state index contributed by atoms with van der Waals surface area (Å²) >= 11 is 0. The van der Waals surface area contributed by atoms with E-state index >= 15 is 0 Å². The number of nitrogens with one attached hydrogen (secondary N) is 1. The standard InChI is InChI=1S/C18H29NO/c1-4-12-19-18-16(11-13-20-14(2)3)10-9-15-7-5-6-8-17(15)18/h5-8,14,16,18-19H,4,9-13H2,1-3H3. The molecule has 0 radical (unpaired) electrons. The SMILES string of the molecule is CCCNC1c2ccccc2CCC1CCOC(C)C. The van der Waals surface area contributed by atoms with Crippen molar-refractivity contribution in [2.75, 3.05) is 13.2 Å². The van der Waals surface area contributed by atoms with E-state index in [1.54, 1.807) is 0 Å². The minimum Gasteiger partial charge on any atom is -0.379 e. The van der Waals surface area contributed by atoms with Gasteiger partial charge in [-0.05, 0) is 63.1 Å². The van der Waals surface area contributed by atoms with Crippen LogP contribution in [0.1, 0.15) is 57.2 Å². The predicted molar refractivity (Wildman–Crippen MR) is 85.0 cm³/mol. The molecule has 0 heterocycles. The van der Waals surface area contributed by atoms with E-state index in [-0.39, 0.29) is 0 Å². The first-order valence-electron chi connectivity index (χ1n) is 8.15. The Labute approximate surface area is 123 Å². The smallest absolute Gasteiger partial charge is 0.0518 e. The van der Waals surface area contributed by atoms with Gasteiger partial charge in [0.15, 0.2) is 0 Å². The van der Waals surface area contributed by atoms with Crippen LogP contribution in [0.25, 0.3) is 0 Å². The van der Waals surface area contributed by atoms with Crippen LogP contribution in [-0.2, 0) is 11.2 Å². The molecule has 1 aliphatic carbocycles. The van der Waals surface area contributed by atoms with Gasteiger partial charge in [0.05, 0.1) is 6.10 Å². The number of benzene rings is 1. The van der Waals surface area contributed by atoms with Crippen LogP contribution in [0.4, 0.5) is 0 Å². The Hall–Kier alpha value is -0.860. The van der Waals surface area contributed by atoms with Gasteiger partial charge in [0.25, 0.3) is 0 Å². The molecule has 2 nitrogen and oxygen atoms in total. The number of hydrogen-bond acceptors (Lipinski definition) is 2. The van der Waals surface area contributed by atoms with Gasteiger partial charge in [-0.1, -0.05) is 31.2 Å². The number of hydrogen-bond donors (Lipinski definition) is 1. The molecule has 0 spiro atoms. The summed E-state index contributed by atoms with van der Waals surface area (Å²) in [5, 5.41) is 3.76. The quantitative estimate of drug-likeness (QED) is 0.808. The summed E-state index contributed by atoms with van der Waals surface area (Å²) in [5.41, 5.74) is 3.05. The highest BCUT2D eigenvalue weighted by atomic mass is 16.5. The fourth-order valence-electron chi connectivity index (χ4n) is 3.17. The van der Waals surface area contributed by atoms with E-state index in [0.29, 0.717) is 18.1 Å². The molecule has 0 saturated heterocycles. The molecule has 2 unspecified atom stereocenters. The fraction of sp³-hybridized carbons (Fsp3) is 0.667. The second-order valence-electron chi connectivity index (χ2n) is 6.14. The van der Waals surface area contributed by atoms with Gasteiger partial charge in [-0.3, -0.25) is 0 Å². The van der Waals surface area contributed by atoms with Crippen LogP contribution in [0.3, 0.4) is 0 Å². The maximum absolute atomic E-state index is 5.76. The molecule has 0 aliphatic heterocycles. The lowest BCUT2D eigenvalue weighted by Gasteiger charge is -2.34. The van der Waals surface area contributed by atoms with Gasteiger partial charge in [-0.15, -0.1) is 0 Å². The third-order valence-electron chi connectivity index (χ3n) is 4.20. The van der Waals surface area contributed by atoms with Crippen molar-refractivity contribution in [3.63, 3.8) is 0 Å². The van der Waals surface area contributed by atoms with Gasteiger partial charge < -0.3 is 10.1 Å². The van der Waals surface area contributed by atoms with E-state index in [0.717, 1.165) is 19.6 Å². The van der Waals surface area contributed by atoms with Gasteiger partial charge in [0, 0.05) is 12.6 Å². The van der Waals surface area contributed by atoms with Gasteiger partial charge in [-0.25, -0.2) is 0 Å². The maximum atomic E-state index is 5.76. The lowest BCUT2D eigenvalue weighted by atomic mass is 9.78. The van der Waals surface area contributed by atoms with Crippen molar-refractivity contribution < 1.29 is 4.74 Å². The average molecular weight is 275 g/mol. The highest BCUT2D eigenvalue weighted by molar-refractivity contribution is 5.33. The van der Waals surface area contributed by atoms with Crippen LogP contribution >= 0.6 is 0 Å². The number of ether oxygens (including phenoxy) is 1. The largest absolute Gasteiger partial charge is 0.379 e. The average Bonchev–Trinajstić information content (AvgIpc) is 2.45. The summed E-state index contributed by atoms with van der Waals surface area (Å²) < 4.78 is 5.76. The van der Waals surface area contributed by atoms with Crippen molar-refractivity contribution in [2.24, 2.45) is 5.92 Å². The van der Waals surface area contributed by atoms with E-state index in [1.165, 1.54) is 30.4 Å². The van der Waals surface area contributed by atoms with Crippen LogP contribution in [0.2, 0.25) is 0 Å². The summed E-state index contributed by atoms with van der Waals surface area (Å²) in [4.78, 5) is 0. The normalized spacial score (nSPS) is 22.0. The Balaban J connectivity index is 2.04. The molecule has 0 aromatic heterocycles. The molecule has 1 aliphatic rings. The van der Waals surface area contributed by atoms with Crippen LogP contribution in [-0.4, -0.2) is 19.3 Å². The number of rotatable bonds is 7. The van der Waals surface area contributed by atoms with Crippen molar-refractivity contribution in [3.8, 4) is 0 Å². The first-order chi connectivity index (χ1) is 9.72. The molecule has 1 aromatic rings. The Bertz CT molecular complexity index is 402. The second-order valence-corrected chi connectivity index (χ2v) is 6.14. The zero-order valence-electron chi connectivity index (χ0n) is 13.2. The van der Waals surface area contributed by atoms with Gasteiger partial charge >= 0.3 is 0 Å². The number of aryl methyl sites for hydroxylation is 1. The summed E-state index contributed by atoms with van der Waals surface area (Å²) in [6, 6.07) is 9.44. The monoisotopic (exact) mass is 275 g/mol. The molecule has 0 saturated carbocycles. The van der Waals surface area contributed by atoms with Crippen molar-refractivity contribution in [1.82, 2.24) is 5.32 Å². The lowest BCUT2D eigenvalue weighted by Crippen LogP contribution is -2.33. The molecule has 2 atom stereocenters. The molecule has 2 rings (SSSR count). The van der Waals surface area contributed by atoms with E-state index in [2.05, 4.69) is 50.4 Å². The Morgan fingerprint density at radius 2 is 2.10 bits per heavy atom. The van der Waals surface area contributed by atoms with Crippen molar-refractivity contribution >= 4 is 0 Å². The Morgan fingerprint density at radius 1 is 1.30 bits per heavy atom. The Morgan fingerprint density at radius 3 is 2.85 bits per heavy atom. The van der Waals surface area contributed by atoms with Crippen molar-refractivity contribution in [1.29, 1.82) is 0 Å². The van der Waals surface area contributed by atoms with Gasteiger partial charge in [0.1, 0.15) is 0 Å². The zero-order valence-corrected chi connectivity index (χ0v) is 13.2. The van der Waals surface area contributed by atoms with Crippen LogP contribution in [0.15, 0.2) is 24.3 Å².